The number of thioether (sulfide) groups is 1. The normalized spacial score (nSPS) is 28.5. The molecule has 88 valence electrons. The van der Waals surface area contributed by atoms with Gasteiger partial charge in [-0.3, -0.25) is 0 Å². The summed E-state index contributed by atoms with van der Waals surface area (Å²) in [7, 11) is 0. The highest BCUT2D eigenvalue weighted by Crippen LogP contribution is 2.34. The maximum Gasteiger partial charge on any atom is 0.351 e. The van der Waals surface area contributed by atoms with Gasteiger partial charge >= 0.3 is 5.97 Å². The average molecular weight is 234 g/mol. The van der Waals surface area contributed by atoms with E-state index in [9.17, 15) is 9.18 Å². The minimum absolute atomic E-state index is 0.251. The number of esters is 1. The van der Waals surface area contributed by atoms with Gasteiger partial charge in [0, 0.05) is 5.25 Å². The van der Waals surface area contributed by atoms with Gasteiger partial charge < -0.3 is 4.74 Å². The minimum Gasteiger partial charge on any atom is -0.463 e. The van der Waals surface area contributed by atoms with Crippen molar-refractivity contribution in [2.24, 2.45) is 5.92 Å². The van der Waals surface area contributed by atoms with Gasteiger partial charge in [0.15, 0.2) is 0 Å². The molecule has 0 aromatic heterocycles. The van der Waals surface area contributed by atoms with Crippen molar-refractivity contribution in [2.45, 2.75) is 50.3 Å². The predicted molar refractivity (Wildman–Crippen MR) is 60.5 cm³/mol. The average Bonchev–Trinajstić information content (AvgIpc) is 2.18. The van der Waals surface area contributed by atoms with E-state index >= 15 is 0 Å². The monoisotopic (exact) mass is 234 g/mol. The van der Waals surface area contributed by atoms with Crippen molar-refractivity contribution in [3.8, 4) is 0 Å². The van der Waals surface area contributed by atoms with Crippen LogP contribution in [0.2, 0.25) is 0 Å². The van der Waals surface area contributed by atoms with Crippen molar-refractivity contribution in [1.82, 2.24) is 0 Å². The third-order valence-electron chi connectivity index (χ3n) is 2.67. The number of ether oxygens (including phenoxy) is 1. The first kappa shape index (κ1) is 12.8. The number of rotatable bonds is 4. The molecule has 0 saturated heterocycles. The summed E-state index contributed by atoms with van der Waals surface area (Å²) in [5.41, 5.74) is -1.50. The van der Waals surface area contributed by atoms with Crippen LogP contribution in [0.15, 0.2) is 0 Å². The van der Waals surface area contributed by atoms with E-state index in [2.05, 4.69) is 11.7 Å². The summed E-state index contributed by atoms with van der Waals surface area (Å²) in [6, 6.07) is 0. The largest absolute Gasteiger partial charge is 0.463 e. The summed E-state index contributed by atoms with van der Waals surface area (Å²) in [4.78, 5) is 11.1. The fraction of sp³-hybridized carbons (Fsp3) is 0.909. The van der Waals surface area contributed by atoms with E-state index < -0.39 is 11.5 Å². The molecule has 1 rings (SSSR count). The molecule has 0 N–H and O–H groups in total. The Morgan fingerprint density at radius 3 is 2.93 bits per heavy atom. The number of hydrogen-bond acceptors (Lipinski definition) is 3. The number of carbonyl (C=O) groups is 1. The molecule has 2 nitrogen and oxygen atoms in total. The van der Waals surface area contributed by atoms with Gasteiger partial charge in [0.25, 0.3) is 0 Å². The smallest absolute Gasteiger partial charge is 0.351 e. The molecule has 4 heteroatoms. The SMILES string of the molecule is CCOC(=O)C(F)SC1CCCC(C)C1. The van der Waals surface area contributed by atoms with Crippen LogP contribution < -0.4 is 0 Å². The molecule has 0 heterocycles. The lowest BCUT2D eigenvalue weighted by molar-refractivity contribution is -0.145. The first-order valence-electron chi connectivity index (χ1n) is 5.59. The number of halogens is 1. The number of alkyl halides is 1. The van der Waals surface area contributed by atoms with Gasteiger partial charge in [-0.15, -0.1) is 11.8 Å². The van der Waals surface area contributed by atoms with Crippen LogP contribution in [0.25, 0.3) is 0 Å². The Hall–Kier alpha value is -0.250. The Kier molecular flexibility index (Phi) is 5.43. The summed E-state index contributed by atoms with van der Waals surface area (Å²) in [6.07, 6.45) is 4.42. The van der Waals surface area contributed by atoms with Crippen LogP contribution in [0.1, 0.15) is 39.5 Å². The highest BCUT2D eigenvalue weighted by atomic mass is 32.2. The van der Waals surface area contributed by atoms with Gasteiger partial charge in [0.05, 0.1) is 6.61 Å². The number of carbonyl (C=O) groups excluding carboxylic acids is 1. The molecule has 0 aromatic carbocycles. The lowest BCUT2D eigenvalue weighted by atomic mass is 9.91. The molecular weight excluding hydrogens is 215 g/mol. The van der Waals surface area contributed by atoms with Crippen LogP contribution in [0.3, 0.4) is 0 Å². The molecule has 3 atom stereocenters. The molecule has 15 heavy (non-hydrogen) atoms. The van der Waals surface area contributed by atoms with E-state index in [1.807, 2.05) is 0 Å². The summed E-state index contributed by atoms with van der Waals surface area (Å²) < 4.78 is 18.0. The molecule has 1 fully saturated rings. The fourth-order valence-corrected chi connectivity index (χ4v) is 3.19. The second-order valence-electron chi connectivity index (χ2n) is 4.10. The second kappa shape index (κ2) is 6.36. The molecule has 3 unspecified atom stereocenters. The third kappa shape index (κ3) is 4.41. The Bertz CT molecular complexity index is 211. The van der Waals surface area contributed by atoms with Crippen molar-refractivity contribution in [3.63, 3.8) is 0 Å². The zero-order chi connectivity index (χ0) is 11.3. The Balaban J connectivity index is 2.30. The predicted octanol–water partition coefficient (Wildman–Crippen LogP) is 3.16. The molecule has 1 aliphatic rings. The molecular formula is C11H19FO2S. The molecule has 0 radical (unpaired) electrons. The lowest BCUT2D eigenvalue weighted by Crippen LogP contribution is -2.22. The molecule has 0 spiro atoms. The van der Waals surface area contributed by atoms with Gasteiger partial charge in [0.1, 0.15) is 0 Å². The first-order valence-corrected chi connectivity index (χ1v) is 6.54. The molecule has 0 aromatic rings. The topological polar surface area (TPSA) is 26.3 Å². The quantitative estimate of drug-likeness (QED) is 0.699. The van der Waals surface area contributed by atoms with E-state index in [1.54, 1.807) is 6.92 Å². The van der Waals surface area contributed by atoms with E-state index in [0.29, 0.717) is 5.92 Å². The molecule has 1 saturated carbocycles. The van der Waals surface area contributed by atoms with Crippen LogP contribution in [-0.2, 0) is 9.53 Å². The van der Waals surface area contributed by atoms with Gasteiger partial charge in [-0.1, -0.05) is 19.8 Å². The van der Waals surface area contributed by atoms with Crippen LogP contribution >= 0.6 is 11.8 Å². The van der Waals surface area contributed by atoms with Gasteiger partial charge in [-0.05, 0) is 25.7 Å². The summed E-state index contributed by atoms with van der Waals surface area (Å²) in [5, 5.41) is 0.285. The fourth-order valence-electron chi connectivity index (χ4n) is 1.93. The van der Waals surface area contributed by atoms with Gasteiger partial charge in [-0.2, -0.15) is 0 Å². The number of hydrogen-bond donors (Lipinski definition) is 0. The van der Waals surface area contributed by atoms with Crippen molar-refractivity contribution >= 4 is 17.7 Å². The first-order chi connectivity index (χ1) is 7.13. The standard InChI is InChI=1S/C11H19FO2S/c1-3-14-11(13)10(12)15-9-6-4-5-8(2)7-9/h8-10H,3-7H2,1-2H3. The molecule has 0 aliphatic heterocycles. The highest BCUT2D eigenvalue weighted by Gasteiger charge is 2.27. The van der Waals surface area contributed by atoms with Gasteiger partial charge in [-0.25, -0.2) is 9.18 Å². The summed E-state index contributed by atoms with van der Waals surface area (Å²) >= 11 is 1.13. The van der Waals surface area contributed by atoms with Crippen molar-refractivity contribution in [2.75, 3.05) is 6.61 Å². The molecule has 0 bridgehead atoms. The third-order valence-corrected chi connectivity index (χ3v) is 3.92. The lowest BCUT2D eigenvalue weighted by Gasteiger charge is -2.26. The van der Waals surface area contributed by atoms with E-state index in [-0.39, 0.29) is 11.9 Å². The van der Waals surface area contributed by atoms with Crippen molar-refractivity contribution in [1.29, 1.82) is 0 Å². The van der Waals surface area contributed by atoms with Crippen LogP contribution in [0, 0.1) is 5.92 Å². The van der Waals surface area contributed by atoms with E-state index in [1.165, 1.54) is 6.42 Å². The van der Waals surface area contributed by atoms with E-state index in [4.69, 9.17) is 0 Å². The maximum atomic E-state index is 13.4. The Morgan fingerprint density at radius 2 is 2.33 bits per heavy atom. The molecule has 0 amide bonds. The van der Waals surface area contributed by atoms with Crippen molar-refractivity contribution < 1.29 is 13.9 Å². The molecule has 1 aliphatic carbocycles. The van der Waals surface area contributed by atoms with Gasteiger partial charge in [0.2, 0.25) is 5.50 Å². The zero-order valence-corrected chi connectivity index (χ0v) is 10.2. The zero-order valence-electron chi connectivity index (χ0n) is 9.37. The van der Waals surface area contributed by atoms with Crippen molar-refractivity contribution in [3.05, 3.63) is 0 Å². The maximum absolute atomic E-state index is 13.4. The Labute approximate surface area is 94.9 Å². The summed E-state index contributed by atoms with van der Waals surface area (Å²) in [5.74, 6) is -0.0635. The minimum atomic E-state index is -1.50. The van der Waals surface area contributed by atoms with E-state index in [0.717, 1.165) is 31.0 Å². The van der Waals surface area contributed by atoms with Crippen LogP contribution in [0.5, 0.6) is 0 Å². The van der Waals surface area contributed by atoms with Crippen LogP contribution in [-0.4, -0.2) is 23.3 Å². The summed E-state index contributed by atoms with van der Waals surface area (Å²) in [6.45, 7) is 4.13. The second-order valence-corrected chi connectivity index (χ2v) is 5.45. The van der Waals surface area contributed by atoms with Crippen LogP contribution in [0.4, 0.5) is 4.39 Å². The Morgan fingerprint density at radius 1 is 1.60 bits per heavy atom. The highest BCUT2D eigenvalue weighted by molar-refractivity contribution is 8.01.